The smallest absolute Gasteiger partial charge is 0.272 e. The zero-order chi connectivity index (χ0) is 21.8. The first kappa shape index (κ1) is 20.9. The highest BCUT2D eigenvalue weighted by Gasteiger charge is 2.25. The fourth-order valence-electron chi connectivity index (χ4n) is 3.98. The highest BCUT2D eigenvalue weighted by Crippen LogP contribution is 2.40. The number of piperazine rings is 1. The lowest BCUT2D eigenvalue weighted by Gasteiger charge is -2.35. The minimum absolute atomic E-state index is 0.0194. The van der Waals surface area contributed by atoms with Crippen LogP contribution < -0.4 is 14.2 Å². The predicted molar refractivity (Wildman–Crippen MR) is 119 cm³/mol. The van der Waals surface area contributed by atoms with Crippen LogP contribution >= 0.6 is 0 Å². The van der Waals surface area contributed by atoms with Crippen molar-refractivity contribution in [1.29, 1.82) is 0 Å². The zero-order valence-corrected chi connectivity index (χ0v) is 18.1. The van der Waals surface area contributed by atoms with E-state index < -0.39 is 0 Å². The van der Waals surface area contributed by atoms with Crippen LogP contribution in [0.4, 0.5) is 0 Å². The molecular formula is C24H27N3O4. The Morgan fingerprint density at radius 2 is 1.61 bits per heavy atom. The first-order valence-electron chi connectivity index (χ1n) is 10.3. The van der Waals surface area contributed by atoms with Crippen molar-refractivity contribution in [2.75, 3.05) is 47.5 Å². The third-order valence-corrected chi connectivity index (χ3v) is 5.66. The van der Waals surface area contributed by atoms with Gasteiger partial charge in [-0.3, -0.25) is 9.69 Å². The summed E-state index contributed by atoms with van der Waals surface area (Å²) in [5.74, 6) is 1.90. The highest BCUT2D eigenvalue weighted by atomic mass is 16.5. The van der Waals surface area contributed by atoms with Crippen molar-refractivity contribution in [2.24, 2.45) is 0 Å². The average molecular weight is 421 g/mol. The predicted octanol–water partition coefficient (Wildman–Crippen LogP) is 3.22. The van der Waals surface area contributed by atoms with Crippen molar-refractivity contribution >= 4 is 16.8 Å². The van der Waals surface area contributed by atoms with Crippen LogP contribution in [-0.4, -0.2) is 68.2 Å². The number of hydrogen-bond donors (Lipinski definition) is 0. The molecule has 1 aliphatic rings. The molecule has 7 heteroatoms. The lowest BCUT2D eigenvalue weighted by molar-refractivity contribution is 0.0622. The standard InChI is InChI=1S/C24H27N3O4/c1-29-21-11-9-18(22(30-2)23(21)31-3)16-26-12-14-27(15-13-26)24(28)20-10-8-17-6-4-5-7-19(17)25-20/h4-11H,12-16H2,1-3H3. The molecule has 2 heterocycles. The van der Waals surface area contributed by atoms with Crippen LogP contribution in [-0.2, 0) is 6.54 Å². The summed E-state index contributed by atoms with van der Waals surface area (Å²) in [6.45, 7) is 3.57. The number of para-hydroxylation sites is 1. The van der Waals surface area contributed by atoms with Gasteiger partial charge in [-0.2, -0.15) is 0 Å². The lowest BCUT2D eigenvalue weighted by Crippen LogP contribution is -2.48. The topological polar surface area (TPSA) is 64.1 Å². The number of methoxy groups -OCH3 is 3. The van der Waals surface area contributed by atoms with Gasteiger partial charge in [-0.15, -0.1) is 0 Å². The molecule has 162 valence electrons. The summed E-state index contributed by atoms with van der Waals surface area (Å²) < 4.78 is 16.5. The van der Waals surface area contributed by atoms with Crippen LogP contribution in [0.3, 0.4) is 0 Å². The Morgan fingerprint density at radius 1 is 0.871 bits per heavy atom. The third kappa shape index (κ3) is 4.27. The number of rotatable bonds is 6. The van der Waals surface area contributed by atoms with Crippen molar-refractivity contribution in [1.82, 2.24) is 14.8 Å². The molecule has 1 saturated heterocycles. The van der Waals surface area contributed by atoms with Gasteiger partial charge in [-0.05, 0) is 18.2 Å². The van der Waals surface area contributed by atoms with Gasteiger partial charge in [-0.1, -0.05) is 30.3 Å². The minimum atomic E-state index is -0.0194. The van der Waals surface area contributed by atoms with E-state index in [1.165, 1.54) is 0 Å². The van der Waals surface area contributed by atoms with Gasteiger partial charge < -0.3 is 19.1 Å². The van der Waals surface area contributed by atoms with E-state index in [9.17, 15) is 4.79 Å². The Hall–Kier alpha value is -3.32. The van der Waals surface area contributed by atoms with E-state index in [4.69, 9.17) is 14.2 Å². The molecular weight excluding hydrogens is 394 g/mol. The summed E-state index contributed by atoms with van der Waals surface area (Å²) in [6, 6.07) is 15.5. The summed E-state index contributed by atoms with van der Waals surface area (Å²) in [5, 5.41) is 1.03. The molecule has 0 radical (unpaired) electrons. The summed E-state index contributed by atoms with van der Waals surface area (Å²) in [6.07, 6.45) is 0. The third-order valence-electron chi connectivity index (χ3n) is 5.66. The molecule has 7 nitrogen and oxygen atoms in total. The normalized spacial score (nSPS) is 14.5. The average Bonchev–Trinajstić information content (AvgIpc) is 2.83. The second kappa shape index (κ2) is 9.22. The molecule has 0 spiro atoms. The Bertz CT molecular complexity index is 1080. The Kier molecular flexibility index (Phi) is 6.23. The minimum Gasteiger partial charge on any atom is -0.493 e. The van der Waals surface area contributed by atoms with Crippen LogP contribution in [0.5, 0.6) is 17.2 Å². The van der Waals surface area contributed by atoms with E-state index in [0.717, 1.165) is 29.6 Å². The van der Waals surface area contributed by atoms with Crippen LogP contribution in [0.2, 0.25) is 0 Å². The molecule has 0 saturated carbocycles. The summed E-state index contributed by atoms with van der Waals surface area (Å²) in [4.78, 5) is 21.7. The molecule has 0 bridgehead atoms. The van der Waals surface area contributed by atoms with E-state index >= 15 is 0 Å². The summed E-state index contributed by atoms with van der Waals surface area (Å²) >= 11 is 0. The summed E-state index contributed by atoms with van der Waals surface area (Å²) in [7, 11) is 4.85. The molecule has 4 rings (SSSR count). The SMILES string of the molecule is COc1ccc(CN2CCN(C(=O)c3ccc4ccccc4n3)CC2)c(OC)c1OC. The van der Waals surface area contributed by atoms with Gasteiger partial charge in [0.05, 0.1) is 26.8 Å². The van der Waals surface area contributed by atoms with Crippen LogP contribution in [0, 0.1) is 0 Å². The molecule has 3 aromatic rings. The number of benzene rings is 2. The van der Waals surface area contributed by atoms with Crippen LogP contribution in [0.1, 0.15) is 16.1 Å². The van der Waals surface area contributed by atoms with Gasteiger partial charge >= 0.3 is 0 Å². The molecule has 1 aliphatic heterocycles. The van der Waals surface area contributed by atoms with Crippen molar-refractivity contribution in [3.63, 3.8) is 0 Å². The number of ether oxygens (including phenoxy) is 3. The Balaban J connectivity index is 1.42. The number of aromatic nitrogens is 1. The Labute approximate surface area is 182 Å². The van der Waals surface area contributed by atoms with E-state index in [0.29, 0.717) is 42.6 Å². The van der Waals surface area contributed by atoms with E-state index in [2.05, 4.69) is 9.88 Å². The number of nitrogens with zero attached hydrogens (tertiary/aromatic N) is 3. The number of carbonyl (C=O) groups is 1. The van der Waals surface area contributed by atoms with E-state index in [1.807, 2.05) is 53.4 Å². The second-order valence-corrected chi connectivity index (χ2v) is 7.45. The van der Waals surface area contributed by atoms with Crippen LogP contribution in [0.25, 0.3) is 10.9 Å². The second-order valence-electron chi connectivity index (χ2n) is 7.45. The van der Waals surface area contributed by atoms with Gasteiger partial charge in [-0.25, -0.2) is 4.98 Å². The lowest BCUT2D eigenvalue weighted by atomic mass is 10.1. The van der Waals surface area contributed by atoms with Crippen molar-refractivity contribution in [3.05, 3.63) is 59.8 Å². The molecule has 2 aromatic carbocycles. The monoisotopic (exact) mass is 421 g/mol. The molecule has 0 unspecified atom stereocenters. The molecule has 1 aromatic heterocycles. The van der Waals surface area contributed by atoms with Crippen molar-refractivity contribution < 1.29 is 19.0 Å². The maximum Gasteiger partial charge on any atom is 0.272 e. The van der Waals surface area contributed by atoms with E-state index in [1.54, 1.807) is 21.3 Å². The van der Waals surface area contributed by atoms with Gasteiger partial charge in [0.2, 0.25) is 5.75 Å². The van der Waals surface area contributed by atoms with Crippen LogP contribution in [0.15, 0.2) is 48.5 Å². The molecule has 1 amide bonds. The summed E-state index contributed by atoms with van der Waals surface area (Å²) in [5.41, 5.74) is 2.36. The van der Waals surface area contributed by atoms with Crippen molar-refractivity contribution in [3.8, 4) is 17.2 Å². The molecule has 0 aliphatic carbocycles. The largest absolute Gasteiger partial charge is 0.493 e. The van der Waals surface area contributed by atoms with Gasteiger partial charge in [0.25, 0.3) is 5.91 Å². The molecule has 0 atom stereocenters. The maximum atomic E-state index is 13.0. The maximum absolute atomic E-state index is 13.0. The number of carbonyl (C=O) groups excluding carboxylic acids is 1. The van der Waals surface area contributed by atoms with Gasteiger partial charge in [0.15, 0.2) is 11.5 Å². The Morgan fingerprint density at radius 3 is 2.32 bits per heavy atom. The first-order chi connectivity index (χ1) is 15.1. The number of fused-ring (bicyclic) bond motifs is 1. The number of amides is 1. The molecule has 0 N–H and O–H groups in total. The van der Waals surface area contributed by atoms with Crippen molar-refractivity contribution in [2.45, 2.75) is 6.54 Å². The zero-order valence-electron chi connectivity index (χ0n) is 18.1. The van der Waals surface area contributed by atoms with Gasteiger partial charge in [0, 0.05) is 43.7 Å². The number of pyridine rings is 1. The molecule has 1 fully saturated rings. The van der Waals surface area contributed by atoms with E-state index in [-0.39, 0.29) is 5.91 Å². The quantitative estimate of drug-likeness (QED) is 0.609. The highest BCUT2D eigenvalue weighted by molar-refractivity contribution is 5.95. The fraction of sp³-hybridized carbons (Fsp3) is 0.333. The van der Waals surface area contributed by atoms with Gasteiger partial charge in [0.1, 0.15) is 5.69 Å². The number of hydrogen-bond acceptors (Lipinski definition) is 6. The fourth-order valence-corrected chi connectivity index (χ4v) is 3.98. The molecule has 31 heavy (non-hydrogen) atoms. The first-order valence-corrected chi connectivity index (χ1v) is 10.3.